The van der Waals surface area contributed by atoms with Crippen molar-refractivity contribution in [3.8, 4) is 0 Å². The highest BCUT2D eigenvalue weighted by molar-refractivity contribution is 7.99. The molecular weight excluding hydrogens is 198 g/mol. The maximum Gasteiger partial charge on any atom is 0.304 e. The molecule has 0 bridgehead atoms. The van der Waals surface area contributed by atoms with Gasteiger partial charge in [0.05, 0.1) is 6.42 Å². The van der Waals surface area contributed by atoms with Crippen LogP contribution in [0, 0.1) is 0 Å². The Hall–Kier alpha value is -1.00. The van der Waals surface area contributed by atoms with Crippen molar-refractivity contribution < 1.29 is 9.90 Å². The molecule has 0 radical (unpaired) electrons. The van der Waals surface area contributed by atoms with Crippen LogP contribution < -0.4 is 5.73 Å². The second-order valence-corrected chi connectivity index (χ2v) is 4.01. The Morgan fingerprint density at radius 1 is 1.36 bits per heavy atom. The van der Waals surface area contributed by atoms with E-state index < -0.39 is 5.97 Å². The van der Waals surface area contributed by atoms with E-state index in [0.717, 1.165) is 10.5 Å². The number of benzene rings is 1. The van der Waals surface area contributed by atoms with E-state index in [2.05, 4.69) is 0 Å². The molecule has 1 aromatic rings. The molecule has 3 nitrogen and oxygen atoms in total. The number of aliphatic carboxylic acids is 1. The van der Waals surface area contributed by atoms with Crippen LogP contribution in [-0.4, -0.2) is 16.8 Å². The molecule has 0 unspecified atom stereocenters. The molecule has 0 amide bonds. The molecule has 14 heavy (non-hydrogen) atoms. The number of carboxylic acids is 1. The van der Waals surface area contributed by atoms with Crippen LogP contribution in [-0.2, 0) is 11.3 Å². The topological polar surface area (TPSA) is 63.3 Å². The predicted octanol–water partition coefficient (Wildman–Crippen LogP) is 1.71. The quantitative estimate of drug-likeness (QED) is 0.728. The number of hydrogen-bond acceptors (Lipinski definition) is 3. The van der Waals surface area contributed by atoms with Crippen LogP contribution in [0.4, 0.5) is 0 Å². The minimum atomic E-state index is -0.754. The van der Waals surface area contributed by atoms with Crippen molar-refractivity contribution >= 4 is 17.7 Å². The summed E-state index contributed by atoms with van der Waals surface area (Å²) in [6.45, 7) is 0.542. The fraction of sp³-hybridized carbons (Fsp3) is 0.300. The van der Waals surface area contributed by atoms with Crippen molar-refractivity contribution in [3.63, 3.8) is 0 Å². The maximum absolute atomic E-state index is 10.3. The lowest BCUT2D eigenvalue weighted by Gasteiger charge is -2.00. The summed E-state index contributed by atoms with van der Waals surface area (Å²) in [5, 5.41) is 8.44. The van der Waals surface area contributed by atoms with E-state index in [1.165, 1.54) is 0 Å². The minimum absolute atomic E-state index is 0.198. The summed E-state index contributed by atoms with van der Waals surface area (Å²) >= 11 is 1.55. The highest BCUT2D eigenvalue weighted by Gasteiger charge is 1.98. The Labute approximate surface area is 87.3 Å². The Morgan fingerprint density at radius 3 is 2.50 bits per heavy atom. The molecule has 0 aliphatic heterocycles. The summed E-state index contributed by atoms with van der Waals surface area (Å²) in [5.41, 5.74) is 6.55. The molecule has 0 aliphatic carbocycles. The third-order valence-electron chi connectivity index (χ3n) is 1.74. The van der Waals surface area contributed by atoms with E-state index in [1.807, 2.05) is 24.3 Å². The van der Waals surface area contributed by atoms with Crippen LogP contribution in [0.3, 0.4) is 0 Å². The van der Waals surface area contributed by atoms with Crippen molar-refractivity contribution in [2.24, 2.45) is 5.73 Å². The molecule has 0 saturated heterocycles. The molecule has 0 aromatic heterocycles. The number of thioether (sulfide) groups is 1. The van der Waals surface area contributed by atoms with Crippen molar-refractivity contribution in [2.45, 2.75) is 17.9 Å². The largest absolute Gasteiger partial charge is 0.481 e. The van der Waals surface area contributed by atoms with E-state index in [9.17, 15) is 4.79 Å². The van der Waals surface area contributed by atoms with Gasteiger partial charge in [0.15, 0.2) is 0 Å². The molecule has 76 valence electrons. The zero-order valence-electron chi connectivity index (χ0n) is 7.77. The first kappa shape index (κ1) is 11.1. The van der Waals surface area contributed by atoms with Gasteiger partial charge in [-0.3, -0.25) is 4.79 Å². The van der Waals surface area contributed by atoms with Gasteiger partial charge in [-0.2, -0.15) is 0 Å². The molecule has 0 heterocycles. The lowest BCUT2D eigenvalue weighted by molar-refractivity contribution is -0.136. The summed E-state index contributed by atoms with van der Waals surface area (Å²) in [6.07, 6.45) is 0.198. The molecule has 3 N–H and O–H groups in total. The van der Waals surface area contributed by atoms with Gasteiger partial charge in [-0.1, -0.05) is 12.1 Å². The summed E-state index contributed by atoms with van der Waals surface area (Å²) in [6, 6.07) is 7.86. The lowest BCUT2D eigenvalue weighted by atomic mass is 10.2. The second kappa shape index (κ2) is 5.67. The van der Waals surface area contributed by atoms with E-state index in [4.69, 9.17) is 10.8 Å². The molecule has 0 fully saturated rings. The maximum atomic E-state index is 10.3. The third kappa shape index (κ3) is 3.81. The van der Waals surface area contributed by atoms with Crippen molar-refractivity contribution in [3.05, 3.63) is 29.8 Å². The molecule has 0 saturated carbocycles. The van der Waals surface area contributed by atoms with Gasteiger partial charge in [0.25, 0.3) is 0 Å². The Morgan fingerprint density at radius 2 is 2.00 bits per heavy atom. The zero-order valence-corrected chi connectivity index (χ0v) is 8.59. The Bertz CT molecular complexity index is 297. The second-order valence-electron chi connectivity index (χ2n) is 2.84. The number of nitrogens with two attached hydrogens (primary N) is 1. The first-order chi connectivity index (χ1) is 6.72. The van der Waals surface area contributed by atoms with E-state index in [-0.39, 0.29) is 6.42 Å². The van der Waals surface area contributed by atoms with Gasteiger partial charge in [-0.05, 0) is 17.7 Å². The van der Waals surface area contributed by atoms with Crippen LogP contribution in [0.15, 0.2) is 29.2 Å². The highest BCUT2D eigenvalue weighted by Crippen LogP contribution is 2.18. The number of carboxylic acid groups (broad SMARTS) is 1. The van der Waals surface area contributed by atoms with Gasteiger partial charge in [-0.25, -0.2) is 0 Å². The first-order valence-electron chi connectivity index (χ1n) is 4.36. The standard InChI is InChI=1S/C10H13NO2S/c11-7-8-1-3-9(4-2-8)14-6-5-10(12)13/h1-4H,5-7,11H2,(H,12,13). The molecule has 1 aromatic carbocycles. The number of carbonyl (C=O) groups is 1. The molecule has 1 rings (SSSR count). The van der Waals surface area contributed by atoms with Gasteiger partial charge >= 0.3 is 5.97 Å². The highest BCUT2D eigenvalue weighted by atomic mass is 32.2. The third-order valence-corrected chi connectivity index (χ3v) is 2.76. The SMILES string of the molecule is NCc1ccc(SCCC(=O)O)cc1. The number of rotatable bonds is 5. The average molecular weight is 211 g/mol. The number of hydrogen-bond donors (Lipinski definition) is 2. The summed E-state index contributed by atoms with van der Waals surface area (Å²) in [5.74, 6) is -0.145. The van der Waals surface area contributed by atoms with Crippen molar-refractivity contribution in [1.82, 2.24) is 0 Å². The fourth-order valence-electron chi connectivity index (χ4n) is 0.978. The average Bonchev–Trinajstić information content (AvgIpc) is 2.18. The van der Waals surface area contributed by atoms with Crippen molar-refractivity contribution in [2.75, 3.05) is 5.75 Å². The summed E-state index contributed by atoms with van der Waals surface area (Å²) in [7, 11) is 0. The molecule has 0 atom stereocenters. The molecule has 0 spiro atoms. The van der Waals surface area contributed by atoms with Gasteiger partial charge in [-0.15, -0.1) is 11.8 Å². The predicted molar refractivity (Wildman–Crippen MR) is 57.3 cm³/mol. The van der Waals surface area contributed by atoms with Crippen molar-refractivity contribution in [1.29, 1.82) is 0 Å². The van der Waals surface area contributed by atoms with Crippen LogP contribution in [0.1, 0.15) is 12.0 Å². The van der Waals surface area contributed by atoms with Crippen LogP contribution in [0.25, 0.3) is 0 Å². The van der Waals surface area contributed by atoms with Gasteiger partial charge in [0.1, 0.15) is 0 Å². The van der Waals surface area contributed by atoms with Gasteiger partial charge in [0, 0.05) is 17.2 Å². The van der Waals surface area contributed by atoms with Crippen LogP contribution in [0.2, 0.25) is 0 Å². The smallest absolute Gasteiger partial charge is 0.304 e. The Balaban J connectivity index is 2.40. The normalized spacial score (nSPS) is 10.1. The Kier molecular flexibility index (Phi) is 4.49. The molecule has 0 aliphatic rings. The zero-order chi connectivity index (χ0) is 10.4. The van der Waals surface area contributed by atoms with Crippen LogP contribution in [0.5, 0.6) is 0 Å². The van der Waals surface area contributed by atoms with E-state index >= 15 is 0 Å². The van der Waals surface area contributed by atoms with Crippen LogP contribution >= 0.6 is 11.8 Å². The molecule has 4 heteroatoms. The first-order valence-corrected chi connectivity index (χ1v) is 5.34. The lowest BCUT2D eigenvalue weighted by Crippen LogP contribution is -1.96. The van der Waals surface area contributed by atoms with E-state index in [0.29, 0.717) is 12.3 Å². The van der Waals surface area contributed by atoms with Gasteiger partial charge in [0.2, 0.25) is 0 Å². The fourth-order valence-corrected chi connectivity index (χ4v) is 1.82. The summed E-state index contributed by atoms with van der Waals surface area (Å²) < 4.78 is 0. The molecular formula is C10H13NO2S. The monoisotopic (exact) mass is 211 g/mol. The van der Waals surface area contributed by atoms with E-state index in [1.54, 1.807) is 11.8 Å². The van der Waals surface area contributed by atoms with Gasteiger partial charge < -0.3 is 10.8 Å². The minimum Gasteiger partial charge on any atom is -0.481 e. The summed E-state index contributed by atoms with van der Waals surface area (Å²) in [4.78, 5) is 11.3.